The molecule has 0 bridgehead atoms. The monoisotopic (exact) mass is 364 g/mol. The first kappa shape index (κ1) is 21.7. The van der Waals surface area contributed by atoms with Crippen LogP contribution in [-0.2, 0) is 5.41 Å². The van der Waals surface area contributed by atoms with Gasteiger partial charge in [-0.2, -0.15) is 0 Å². The summed E-state index contributed by atoms with van der Waals surface area (Å²) in [5, 5.41) is 0. The molecule has 0 aromatic heterocycles. The van der Waals surface area contributed by atoms with Crippen LogP contribution in [0.1, 0.15) is 113 Å². The summed E-state index contributed by atoms with van der Waals surface area (Å²) >= 11 is 0. The van der Waals surface area contributed by atoms with E-state index < -0.39 is 0 Å². The molecule has 0 spiro atoms. The zero-order chi connectivity index (χ0) is 20.7. The van der Waals surface area contributed by atoms with Crippen LogP contribution in [0.5, 0.6) is 0 Å². The van der Waals surface area contributed by atoms with Crippen molar-refractivity contribution in [2.45, 2.75) is 99.3 Å². The molecule has 0 heteroatoms. The van der Waals surface area contributed by atoms with Gasteiger partial charge in [0.1, 0.15) is 0 Å². The Kier molecular flexibility index (Phi) is 6.30. The lowest BCUT2D eigenvalue weighted by atomic mass is 9.77. The van der Waals surface area contributed by atoms with Gasteiger partial charge in [0.25, 0.3) is 0 Å². The minimum Gasteiger partial charge on any atom is -0.0587 e. The first-order valence-electron chi connectivity index (χ1n) is 10.6. The lowest BCUT2D eigenvalue weighted by Crippen LogP contribution is -2.14. The Morgan fingerprint density at radius 1 is 0.667 bits per heavy atom. The average molecular weight is 365 g/mol. The minimum atomic E-state index is 0.152. The van der Waals surface area contributed by atoms with Crippen LogP contribution in [0, 0.1) is 13.8 Å². The molecule has 27 heavy (non-hydrogen) atoms. The molecule has 0 heterocycles. The van der Waals surface area contributed by atoms with E-state index in [-0.39, 0.29) is 5.41 Å². The molecule has 0 aliphatic heterocycles. The fourth-order valence-electron chi connectivity index (χ4n) is 4.07. The van der Waals surface area contributed by atoms with Gasteiger partial charge in [0.05, 0.1) is 0 Å². The van der Waals surface area contributed by atoms with Crippen molar-refractivity contribution in [2.75, 3.05) is 0 Å². The molecule has 2 aromatic rings. The average Bonchev–Trinajstić information content (AvgIpc) is 2.54. The largest absolute Gasteiger partial charge is 0.0587 e. The smallest absolute Gasteiger partial charge is 0.0114 e. The quantitative estimate of drug-likeness (QED) is 0.509. The van der Waals surface area contributed by atoms with Crippen LogP contribution in [0.2, 0.25) is 0 Å². The van der Waals surface area contributed by atoms with E-state index in [1.807, 2.05) is 0 Å². The van der Waals surface area contributed by atoms with E-state index in [1.165, 1.54) is 44.5 Å². The van der Waals surface area contributed by atoms with E-state index >= 15 is 0 Å². The predicted molar refractivity (Wildman–Crippen MR) is 122 cm³/mol. The van der Waals surface area contributed by atoms with Gasteiger partial charge in [-0.15, -0.1) is 0 Å². The molecule has 0 saturated heterocycles. The molecule has 0 unspecified atom stereocenters. The molecule has 0 radical (unpaired) electrons. The van der Waals surface area contributed by atoms with Gasteiger partial charge >= 0.3 is 0 Å². The maximum Gasteiger partial charge on any atom is -0.0114 e. The van der Waals surface area contributed by atoms with E-state index in [0.717, 1.165) is 0 Å². The highest BCUT2D eigenvalue weighted by molar-refractivity contribution is 5.75. The molecule has 0 nitrogen and oxygen atoms in total. The molecular formula is C27H40. The van der Waals surface area contributed by atoms with Crippen molar-refractivity contribution < 1.29 is 0 Å². The number of benzene rings is 2. The molecule has 0 aliphatic carbocycles. The van der Waals surface area contributed by atoms with E-state index in [4.69, 9.17) is 0 Å². The van der Waals surface area contributed by atoms with Crippen molar-refractivity contribution in [1.82, 2.24) is 0 Å². The Hall–Kier alpha value is -1.56. The van der Waals surface area contributed by atoms with E-state index in [2.05, 4.69) is 100 Å². The summed E-state index contributed by atoms with van der Waals surface area (Å²) in [4.78, 5) is 0. The highest BCUT2D eigenvalue weighted by Gasteiger charge is 2.22. The van der Waals surface area contributed by atoms with Crippen molar-refractivity contribution in [3.63, 3.8) is 0 Å². The lowest BCUT2D eigenvalue weighted by Gasteiger charge is -2.27. The molecular weight excluding hydrogens is 324 g/mol. The Balaban J connectivity index is 2.91. The summed E-state index contributed by atoms with van der Waals surface area (Å²) in [5.74, 6) is 1.57. The summed E-state index contributed by atoms with van der Waals surface area (Å²) < 4.78 is 0. The molecule has 0 fully saturated rings. The second-order valence-corrected chi connectivity index (χ2v) is 10.3. The van der Waals surface area contributed by atoms with Gasteiger partial charge in [0, 0.05) is 0 Å². The maximum absolute atomic E-state index is 2.46. The summed E-state index contributed by atoms with van der Waals surface area (Å²) in [7, 11) is 0. The number of hydrogen-bond donors (Lipinski definition) is 0. The van der Waals surface area contributed by atoms with Crippen molar-refractivity contribution in [2.24, 2.45) is 0 Å². The van der Waals surface area contributed by atoms with Gasteiger partial charge in [-0.25, -0.2) is 0 Å². The molecule has 0 N–H and O–H groups in total. The van der Waals surface area contributed by atoms with Gasteiger partial charge in [0.2, 0.25) is 0 Å². The Morgan fingerprint density at radius 2 is 1.15 bits per heavy atom. The zero-order valence-electron chi connectivity index (χ0n) is 19.5. The molecule has 2 rings (SSSR count). The Morgan fingerprint density at radius 3 is 1.52 bits per heavy atom. The van der Waals surface area contributed by atoms with Crippen LogP contribution >= 0.6 is 0 Å². The molecule has 0 atom stereocenters. The van der Waals surface area contributed by atoms with Crippen molar-refractivity contribution >= 4 is 0 Å². The third kappa shape index (κ3) is 4.48. The third-order valence-electron chi connectivity index (χ3n) is 5.90. The van der Waals surface area contributed by atoms with Crippen LogP contribution in [0.4, 0.5) is 0 Å². The number of aryl methyl sites for hydroxylation is 1. The van der Waals surface area contributed by atoms with Crippen LogP contribution in [0.15, 0.2) is 24.3 Å². The Bertz CT molecular complexity index is 782. The van der Waals surface area contributed by atoms with E-state index in [0.29, 0.717) is 17.8 Å². The molecule has 2 aromatic carbocycles. The van der Waals surface area contributed by atoms with Gasteiger partial charge in [-0.3, -0.25) is 0 Å². The van der Waals surface area contributed by atoms with Crippen LogP contribution in [0.25, 0.3) is 11.1 Å². The first-order chi connectivity index (χ1) is 12.3. The van der Waals surface area contributed by atoms with Gasteiger partial charge in [-0.05, 0) is 81.5 Å². The van der Waals surface area contributed by atoms with E-state index in [1.54, 1.807) is 0 Å². The van der Waals surface area contributed by atoms with Crippen LogP contribution in [0.3, 0.4) is 0 Å². The Labute approximate surface area is 168 Å². The van der Waals surface area contributed by atoms with E-state index in [9.17, 15) is 0 Å². The molecule has 148 valence electrons. The summed E-state index contributed by atoms with van der Waals surface area (Å²) in [6.45, 7) is 25.4. The van der Waals surface area contributed by atoms with Gasteiger partial charge < -0.3 is 0 Å². The van der Waals surface area contributed by atoms with Crippen LogP contribution < -0.4 is 0 Å². The zero-order valence-corrected chi connectivity index (χ0v) is 19.5. The summed E-state index contributed by atoms with van der Waals surface area (Å²) in [5.41, 5.74) is 11.8. The summed E-state index contributed by atoms with van der Waals surface area (Å²) in [6.07, 6.45) is 0. The minimum absolute atomic E-state index is 0.152. The summed E-state index contributed by atoms with van der Waals surface area (Å²) in [6, 6.07) is 9.79. The van der Waals surface area contributed by atoms with Crippen molar-refractivity contribution in [3.8, 4) is 11.1 Å². The lowest BCUT2D eigenvalue weighted by molar-refractivity contribution is 0.585. The van der Waals surface area contributed by atoms with Gasteiger partial charge in [0.15, 0.2) is 0 Å². The number of hydrogen-bond acceptors (Lipinski definition) is 0. The first-order valence-corrected chi connectivity index (χ1v) is 10.6. The standard InChI is InChI=1S/C27H40/c1-16(2)21-13-23(17(3)4)26(24(14-21)18(5)6)22-12-19(7)20(8)25(15-22)27(9,10)11/h12-18H,1-11H3. The predicted octanol–water partition coefficient (Wildman–Crippen LogP) is 8.64. The van der Waals surface area contributed by atoms with Crippen molar-refractivity contribution in [1.29, 1.82) is 0 Å². The van der Waals surface area contributed by atoms with Gasteiger partial charge in [-0.1, -0.05) is 86.6 Å². The SMILES string of the molecule is Cc1cc(-c2c(C(C)C)cc(C(C)C)cc2C(C)C)cc(C(C)(C)C)c1C. The van der Waals surface area contributed by atoms with Crippen LogP contribution in [-0.4, -0.2) is 0 Å². The normalized spacial score (nSPS) is 12.5. The molecule has 0 aliphatic rings. The maximum atomic E-state index is 2.46. The molecule has 0 amide bonds. The highest BCUT2D eigenvalue weighted by Crippen LogP contribution is 2.41. The fraction of sp³-hybridized carbons (Fsp3) is 0.556. The third-order valence-corrected chi connectivity index (χ3v) is 5.90. The second-order valence-electron chi connectivity index (χ2n) is 10.3. The van der Waals surface area contributed by atoms with Crippen molar-refractivity contribution in [3.05, 3.63) is 57.6 Å². The number of rotatable bonds is 4. The second kappa shape index (κ2) is 7.82. The topological polar surface area (TPSA) is 0 Å². The molecule has 0 saturated carbocycles. The highest BCUT2D eigenvalue weighted by atomic mass is 14.3. The fourth-order valence-corrected chi connectivity index (χ4v) is 4.07.